The second-order valence-electron chi connectivity index (χ2n) is 8.57. The largest absolute Gasteiger partial charge is 0.295 e. The van der Waals surface area contributed by atoms with Gasteiger partial charge in [-0.15, -0.1) is 0 Å². The van der Waals surface area contributed by atoms with Gasteiger partial charge in [0.1, 0.15) is 0 Å². The number of ketones is 1. The smallest absolute Gasteiger partial charge is 0.159 e. The Kier molecular flexibility index (Phi) is 16.9. The van der Waals surface area contributed by atoms with Crippen LogP contribution >= 0.6 is 0 Å². The van der Waals surface area contributed by atoms with Gasteiger partial charge in [-0.2, -0.15) is 0 Å². The molecule has 0 aliphatic carbocycles. The summed E-state index contributed by atoms with van der Waals surface area (Å²) in [6.45, 7) is 20.7. The first-order valence-electron chi connectivity index (χ1n) is 12.6. The summed E-state index contributed by atoms with van der Waals surface area (Å²) in [5.74, 6) is 0.128. The highest BCUT2D eigenvalue weighted by Crippen LogP contribution is 2.23. The van der Waals surface area contributed by atoms with Crippen LogP contribution in [-0.2, 0) is 0 Å². The Morgan fingerprint density at radius 1 is 0.618 bits per heavy atom. The lowest BCUT2D eigenvalue weighted by molar-refractivity contribution is 0.101. The molecule has 3 rings (SSSR count). The van der Waals surface area contributed by atoms with Crippen LogP contribution in [0.5, 0.6) is 0 Å². The average Bonchev–Trinajstić information content (AvgIpc) is 2.86. The number of carbonyl (C=O) groups excluding carboxylic acids is 1. The van der Waals surface area contributed by atoms with Gasteiger partial charge in [-0.05, 0) is 61.6 Å². The van der Waals surface area contributed by atoms with Crippen LogP contribution in [0.4, 0.5) is 0 Å². The van der Waals surface area contributed by atoms with Crippen LogP contribution in [0, 0.1) is 20.8 Å². The third kappa shape index (κ3) is 12.9. The Morgan fingerprint density at radius 3 is 1.56 bits per heavy atom. The minimum absolute atomic E-state index is 0.128. The van der Waals surface area contributed by atoms with Crippen LogP contribution in [0.2, 0.25) is 0 Å². The number of unbranched alkanes of at least 4 members (excludes halogenated alkanes) is 2. The van der Waals surface area contributed by atoms with Crippen molar-refractivity contribution in [3.05, 3.63) is 113 Å². The molecule has 0 bridgehead atoms. The van der Waals surface area contributed by atoms with E-state index >= 15 is 0 Å². The number of Topliss-reactive ketones (excluding diaryl/α,β-unsaturated/α-hetero) is 1. The van der Waals surface area contributed by atoms with Crippen molar-refractivity contribution in [3.8, 4) is 0 Å². The molecule has 184 valence electrons. The van der Waals surface area contributed by atoms with Gasteiger partial charge in [-0.3, -0.25) is 4.79 Å². The fourth-order valence-corrected chi connectivity index (χ4v) is 2.60. The molecule has 3 aromatic carbocycles. The van der Waals surface area contributed by atoms with Crippen molar-refractivity contribution in [1.29, 1.82) is 0 Å². The molecular formula is C33H46O. The molecule has 1 heteroatoms. The number of rotatable bonds is 5. The Labute approximate surface area is 210 Å². The molecule has 0 spiro atoms. The van der Waals surface area contributed by atoms with Gasteiger partial charge in [-0.1, -0.05) is 132 Å². The Hall–Kier alpha value is -2.93. The first kappa shape index (κ1) is 31.1. The van der Waals surface area contributed by atoms with Gasteiger partial charge in [0, 0.05) is 5.56 Å². The zero-order valence-corrected chi connectivity index (χ0v) is 22.9. The van der Waals surface area contributed by atoms with E-state index in [9.17, 15) is 4.79 Å². The first-order chi connectivity index (χ1) is 16.2. The summed E-state index contributed by atoms with van der Waals surface area (Å²) in [5.41, 5.74) is 8.04. The molecule has 0 fully saturated rings. The molecular weight excluding hydrogens is 412 g/mol. The summed E-state index contributed by atoms with van der Waals surface area (Å²) < 4.78 is 0. The van der Waals surface area contributed by atoms with E-state index in [1.54, 1.807) is 6.92 Å². The lowest BCUT2D eigenvalue weighted by Gasteiger charge is -2.08. The molecule has 0 heterocycles. The summed E-state index contributed by atoms with van der Waals surface area (Å²) in [6, 6.07) is 24.4. The predicted octanol–water partition coefficient (Wildman–Crippen LogP) is 10.2. The second-order valence-corrected chi connectivity index (χ2v) is 8.57. The van der Waals surface area contributed by atoms with Crippen LogP contribution in [0.1, 0.15) is 98.5 Å². The van der Waals surface area contributed by atoms with Crippen molar-refractivity contribution in [3.63, 3.8) is 0 Å². The third-order valence-corrected chi connectivity index (χ3v) is 5.40. The molecule has 0 saturated carbocycles. The first-order valence-corrected chi connectivity index (χ1v) is 12.6. The molecule has 0 atom stereocenters. The van der Waals surface area contributed by atoms with Crippen molar-refractivity contribution in [2.75, 3.05) is 0 Å². The number of hydrogen-bond acceptors (Lipinski definition) is 1. The number of carbonyl (C=O) groups is 1. The fourth-order valence-electron chi connectivity index (χ4n) is 2.60. The highest BCUT2D eigenvalue weighted by molar-refractivity contribution is 5.94. The average molecular weight is 459 g/mol. The maximum absolute atomic E-state index is 10.8. The number of aryl methyl sites for hydroxylation is 3. The van der Waals surface area contributed by atoms with E-state index in [2.05, 4.69) is 78.5 Å². The third-order valence-electron chi connectivity index (χ3n) is 5.40. The summed E-state index contributed by atoms with van der Waals surface area (Å²) >= 11 is 0. The summed E-state index contributed by atoms with van der Waals surface area (Å²) in [6.07, 6.45) is 5.28. The fraction of sp³-hybridized carbons (Fsp3) is 0.364. The Morgan fingerprint density at radius 2 is 1.15 bits per heavy atom. The summed E-state index contributed by atoms with van der Waals surface area (Å²) in [5, 5.41) is 0. The van der Waals surface area contributed by atoms with E-state index in [0.717, 1.165) is 16.7 Å². The minimum Gasteiger partial charge on any atom is -0.295 e. The van der Waals surface area contributed by atoms with Crippen molar-refractivity contribution in [2.45, 2.75) is 81.1 Å². The minimum atomic E-state index is 0.128. The lowest BCUT2D eigenvalue weighted by atomic mass is 9.96. The van der Waals surface area contributed by atoms with Crippen molar-refractivity contribution in [1.82, 2.24) is 0 Å². The SMILES string of the molecule is C=C(c1ccccc1)c1ccc(C)c(C)c1.CC(=O)c1cccc(C)c1.CCCC.CCCC. The van der Waals surface area contributed by atoms with E-state index in [4.69, 9.17) is 0 Å². The normalized spacial score (nSPS) is 9.29. The summed E-state index contributed by atoms with van der Waals surface area (Å²) in [4.78, 5) is 10.8. The lowest BCUT2D eigenvalue weighted by Crippen LogP contribution is -1.90. The molecule has 0 aliphatic rings. The maximum Gasteiger partial charge on any atom is 0.159 e. The second kappa shape index (κ2) is 18.5. The standard InChI is InChI=1S/C16H16.C9H10O.2C4H10/c1-12-9-10-16(11-13(12)2)14(3)15-7-5-4-6-8-15;1-7-4-3-5-9(6-7)8(2)10;2*1-3-4-2/h4-11H,3H2,1-2H3;3-6H,1-2H3;2*3-4H2,1-2H3. The molecule has 0 aliphatic heterocycles. The molecule has 0 aromatic heterocycles. The quantitative estimate of drug-likeness (QED) is 0.347. The Balaban J connectivity index is 0.000000515. The van der Waals surface area contributed by atoms with E-state index in [1.807, 2.05) is 49.4 Å². The van der Waals surface area contributed by atoms with Gasteiger partial charge in [0.15, 0.2) is 5.78 Å². The van der Waals surface area contributed by atoms with Crippen LogP contribution in [-0.4, -0.2) is 5.78 Å². The number of hydrogen-bond donors (Lipinski definition) is 0. The van der Waals surface area contributed by atoms with Gasteiger partial charge >= 0.3 is 0 Å². The molecule has 0 saturated heterocycles. The van der Waals surface area contributed by atoms with Crippen molar-refractivity contribution < 1.29 is 4.79 Å². The Bertz CT molecular complexity index is 959. The molecule has 0 unspecified atom stereocenters. The van der Waals surface area contributed by atoms with Crippen molar-refractivity contribution >= 4 is 11.4 Å². The predicted molar refractivity (Wildman–Crippen MR) is 153 cm³/mol. The van der Waals surface area contributed by atoms with Gasteiger partial charge < -0.3 is 0 Å². The van der Waals surface area contributed by atoms with E-state index in [-0.39, 0.29) is 5.78 Å². The topological polar surface area (TPSA) is 17.1 Å². The van der Waals surface area contributed by atoms with Crippen LogP contribution in [0.25, 0.3) is 5.57 Å². The zero-order chi connectivity index (χ0) is 25.9. The van der Waals surface area contributed by atoms with E-state index in [0.29, 0.717) is 0 Å². The monoisotopic (exact) mass is 458 g/mol. The van der Waals surface area contributed by atoms with E-state index < -0.39 is 0 Å². The molecule has 34 heavy (non-hydrogen) atoms. The zero-order valence-electron chi connectivity index (χ0n) is 22.9. The van der Waals surface area contributed by atoms with Crippen LogP contribution < -0.4 is 0 Å². The van der Waals surface area contributed by atoms with Crippen LogP contribution in [0.15, 0.2) is 79.4 Å². The highest BCUT2D eigenvalue weighted by Gasteiger charge is 2.02. The molecule has 1 nitrogen and oxygen atoms in total. The van der Waals surface area contributed by atoms with Gasteiger partial charge in [0.2, 0.25) is 0 Å². The van der Waals surface area contributed by atoms with Gasteiger partial charge in [0.25, 0.3) is 0 Å². The maximum atomic E-state index is 10.8. The highest BCUT2D eigenvalue weighted by atomic mass is 16.1. The van der Waals surface area contributed by atoms with Gasteiger partial charge in [-0.25, -0.2) is 0 Å². The molecule has 0 N–H and O–H groups in total. The summed E-state index contributed by atoms with van der Waals surface area (Å²) in [7, 11) is 0. The van der Waals surface area contributed by atoms with Crippen molar-refractivity contribution in [2.24, 2.45) is 0 Å². The molecule has 0 radical (unpaired) electrons. The van der Waals surface area contributed by atoms with Crippen LogP contribution in [0.3, 0.4) is 0 Å². The molecule has 3 aromatic rings. The van der Waals surface area contributed by atoms with E-state index in [1.165, 1.54) is 47.9 Å². The van der Waals surface area contributed by atoms with Gasteiger partial charge in [0.05, 0.1) is 0 Å². The molecule has 0 amide bonds. The number of benzene rings is 3.